The average molecular weight is 241 g/mol. The van der Waals surface area contributed by atoms with Gasteiger partial charge in [-0.1, -0.05) is 4.49 Å². The van der Waals surface area contributed by atoms with Crippen molar-refractivity contribution < 1.29 is 9.90 Å². The number of carbonyl (C=O) groups excluding carboxylic acids is 1. The Morgan fingerprint density at radius 3 is 2.88 bits per heavy atom. The molecule has 88 valence electrons. The summed E-state index contributed by atoms with van der Waals surface area (Å²) in [7, 11) is 0. The topological polar surface area (TPSA) is 75.1 Å². The van der Waals surface area contributed by atoms with E-state index in [0.717, 1.165) is 37.2 Å². The van der Waals surface area contributed by atoms with E-state index in [-0.39, 0.29) is 12.0 Å². The molecule has 1 heterocycles. The van der Waals surface area contributed by atoms with Crippen LogP contribution in [0.5, 0.6) is 0 Å². The largest absolute Gasteiger partial charge is 0.393 e. The third kappa shape index (κ3) is 2.99. The fourth-order valence-electron chi connectivity index (χ4n) is 1.94. The molecule has 0 aliphatic heterocycles. The fourth-order valence-corrected chi connectivity index (χ4v) is 2.37. The molecular weight excluding hydrogens is 226 g/mol. The number of rotatable bonds is 3. The van der Waals surface area contributed by atoms with Gasteiger partial charge in [-0.15, -0.1) is 5.10 Å². The van der Waals surface area contributed by atoms with Gasteiger partial charge < -0.3 is 10.4 Å². The molecule has 0 saturated heterocycles. The smallest absolute Gasteiger partial charge is 0.264 e. The number of hydrogen-bond donors (Lipinski definition) is 2. The lowest BCUT2D eigenvalue weighted by molar-refractivity contribution is 0.0913. The number of amides is 1. The van der Waals surface area contributed by atoms with Crippen LogP contribution in [0.15, 0.2) is 6.20 Å². The minimum Gasteiger partial charge on any atom is -0.393 e. The Hall–Kier alpha value is -1.01. The highest BCUT2D eigenvalue weighted by atomic mass is 32.1. The molecule has 2 rings (SSSR count). The molecule has 6 heteroatoms. The van der Waals surface area contributed by atoms with E-state index in [2.05, 4.69) is 14.9 Å². The van der Waals surface area contributed by atoms with Gasteiger partial charge in [0.15, 0.2) is 0 Å². The first-order valence-electron chi connectivity index (χ1n) is 5.49. The van der Waals surface area contributed by atoms with E-state index in [1.165, 1.54) is 6.20 Å². The summed E-state index contributed by atoms with van der Waals surface area (Å²) in [5.74, 6) is 0.398. The second-order valence-corrected chi connectivity index (χ2v) is 4.95. The maximum Gasteiger partial charge on any atom is 0.264 e. The van der Waals surface area contributed by atoms with Gasteiger partial charge in [-0.25, -0.2) is 0 Å². The van der Waals surface area contributed by atoms with Crippen LogP contribution in [0, 0.1) is 5.92 Å². The Kier molecular flexibility index (Phi) is 3.84. The number of carbonyl (C=O) groups is 1. The minimum absolute atomic E-state index is 0.0962. The van der Waals surface area contributed by atoms with Gasteiger partial charge >= 0.3 is 0 Å². The molecule has 1 aliphatic rings. The summed E-state index contributed by atoms with van der Waals surface area (Å²) >= 11 is 1.10. The van der Waals surface area contributed by atoms with Crippen molar-refractivity contribution in [2.75, 3.05) is 6.54 Å². The van der Waals surface area contributed by atoms with Crippen LogP contribution in [-0.4, -0.2) is 33.2 Å². The van der Waals surface area contributed by atoms with Gasteiger partial charge in [0.05, 0.1) is 12.3 Å². The lowest BCUT2D eigenvalue weighted by Crippen LogP contribution is -2.31. The molecular formula is C10H15N3O2S. The van der Waals surface area contributed by atoms with Gasteiger partial charge in [0.1, 0.15) is 4.88 Å². The summed E-state index contributed by atoms with van der Waals surface area (Å²) in [5, 5.41) is 15.9. The zero-order chi connectivity index (χ0) is 11.4. The number of aliphatic hydroxyl groups excluding tert-OH is 1. The fraction of sp³-hybridized carbons (Fsp3) is 0.700. The molecule has 1 fully saturated rings. The quantitative estimate of drug-likeness (QED) is 0.821. The molecule has 0 unspecified atom stereocenters. The van der Waals surface area contributed by atoms with Crippen molar-refractivity contribution in [2.45, 2.75) is 31.8 Å². The van der Waals surface area contributed by atoms with Gasteiger partial charge in [0, 0.05) is 6.54 Å². The molecule has 16 heavy (non-hydrogen) atoms. The van der Waals surface area contributed by atoms with Crippen molar-refractivity contribution in [3.63, 3.8) is 0 Å². The van der Waals surface area contributed by atoms with E-state index in [1.54, 1.807) is 0 Å². The molecule has 0 aromatic carbocycles. The Bertz CT molecular complexity index is 334. The summed E-state index contributed by atoms with van der Waals surface area (Å²) < 4.78 is 3.65. The Labute approximate surface area is 98.0 Å². The highest BCUT2D eigenvalue weighted by Gasteiger charge is 2.20. The van der Waals surface area contributed by atoms with E-state index in [4.69, 9.17) is 0 Å². The molecule has 1 aromatic rings. The summed E-state index contributed by atoms with van der Waals surface area (Å²) in [6.45, 7) is 0.684. The van der Waals surface area contributed by atoms with E-state index in [1.807, 2.05) is 0 Å². The Morgan fingerprint density at radius 1 is 1.50 bits per heavy atom. The monoisotopic (exact) mass is 241 g/mol. The predicted molar refractivity (Wildman–Crippen MR) is 60.2 cm³/mol. The van der Waals surface area contributed by atoms with Crippen LogP contribution in [0.3, 0.4) is 0 Å². The highest BCUT2D eigenvalue weighted by Crippen LogP contribution is 2.23. The van der Waals surface area contributed by atoms with Crippen molar-refractivity contribution in [1.82, 2.24) is 14.9 Å². The second-order valence-electron chi connectivity index (χ2n) is 4.17. The molecule has 1 aliphatic carbocycles. The minimum atomic E-state index is -0.141. The summed E-state index contributed by atoms with van der Waals surface area (Å²) in [6.07, 6.45) is 5.01. The van der Waals surface area contributed by atoms with Gasteiger partial charge in [-0.3, -0.25) is 4.79 Å². The van der Waals surface area contributed by atoms with Crippen molar-refractivity contribution in [3.8, 4) is 0 Å². The third-order valence-corrected chi connectivity index (χ3v) is 3.62. The van der Waals surface area contributed by atoms with Crippen LogP contribution in [0.4, 0.5) is 0 Å². The molecule has 1 saturated carbocycles. The lowest BCUT2D eigenvalue weighted by atomic mass is 9.87. The van der Waals surface area contributed by atoms with E-state index < -0.39 is 0 Å². The zero-order valence-electron chi connectivity index (χ0n) is 8.93. The molecule has 5 nitrogen and oxygen atoms in total. The standard InChI is InChI=1S/C10H15N3O2S/c14-8-3-1-7(2-4-8)5-11-10(15)9-6-12-13-16-9/h6-8,14H,1-5H2,(H,11,15). The first-order valence-corrected chi connectivity index (χ1v) is 6.26. The summed E-state index contributed by atoms with van der Waals surface area (Å²) in [6, 6.07) is 0. The maximum absolute atomic E-state index is 11.6. The van der Waals surface area contributed by atoms with Gasteiger partial charge in [-0.2, -0.15) is 0 Å². The van der Waals surface area contributed by atoms with Crippen LogP contribution in [-0.2, 0) is 0 Å². The van der Waals surface area contributed by atoms with E-state index in [9.17, 15) is 9.90 Å². The van der Waals surface area contributed by atoms with Crippen LogP contribution in [0.2, 0.25) is 0 Å². The van der Waals surface area contributed by atoms with Crippen LogP contribution < -0.4 is 5.32 Å². The zero-order valence-corrected chi connectivity index (χ0v) is 9.74. The van der Waals surface area contributed by atoms with E-state index in [0.29, 0.717) is 17.3 Å². The van der Waals surface area contributed by atoms with Crippen molar-refractivity contribution in [3.05, 3.63) is 11.1 Å². The molecule has 1 aromatic heterocycles. The van der Waals surface area contributed by atoms with E-state index >= 15 is 0 Å². The number of aromatic nitrogens is 2. The molecule has 0 atom stereocenters. The van der Waals surface area contributed by atoms with Crippen molar-refractivity contribution in [1.29, 1.82) is 0 Å². The first-order chi connectivity index (χ1) is 7.75. The summed E-state index contributed by atoms with van der Waals surface area (Å²) in [5.41, 5.74) is 0. The first kappa shape index (κ1) is 11.5. The number of aliphatic hydroxyl groups is 1. The molecule has 0 bridgehead atoms. The molecule has 1 amide bonds. The number of nitrogens with one attached hydrogen (secondary N) is 1. The molecule has 2 N–H and O–H groups in total. The lowest BCUT2D eigenvalue weighted by Gasteiger charge is -2.25. The predicted octanol–water partition coefficient (Wildman–Crippen LogP) is 0.819. The Balaban J connectivity index is 1.73. The van der Waals surface area contributed by atoms with Crippen LogP contribution in [0.1, 0.15) is 35.4 Å². The van der Waals surface area contributed by atoms with Gasteiger partial charge in [0.25, 0.3) is 5.91 Å². The highest BCUT2D eigenvalue weighted by molar-refractivity contribution is 7.07. The van der Waals surface area contributed by atoms with Crippen LogP contribution in [0.25, 0.3) is 0 Å². The number of nitrogens with zero attached hydrogens (tertiary/aromatic N) is 2. The molecule has 0 spiro atoms. The second kappa shape index (κ2) is 5.36. The van der Waals surface area contributed by atoms with Crippen molar-refractivity contribution >= 4 is 17.4 Å². The average Bonchev–Trinajstić information content (AvgIpc) is 2.81. The number of hydrogen-bond acceptors (Lipinski definition) is 5. The van der Waals surface area contributed by atoms with Crippen molar-refractivity contribution in [2.24, 2.45) is 5.92 Å². The SMILES string of the molecule is O=C(NCC1CCC(O)CC1)c1cnns1. The third-order valence-electron chi connectivity index (χ3n) is 2.95. The molecule has 0 radical (unpaired) electrons. The summed E-state index contributed by atoms with van der Waals surface area (Å²) in [4.78, 5) is 12.1. The normalized spacial score (nSPS) is 25.3. The maximum atomic E-state index is 11.6. The Morgan fingerprint density at radius 2 is 2.25 bits per heavy atom. The van der Waals surface area contributed by atoms with Gasteiger partial charge in [-0.05, 0) is 43.1 Å². The van der Waals surface area contributed by atoms with Crippen LogP contribution >= 0.6 is 11.5 Å². The van der Waals surface area contributed by atoms with Gasteiger partial charge in [0.2, 0.25) is 0 Å².